The van der Waals surface area contributed by atoms with Crippen molar-refractivity contribution >= 4 is 27.6 Å². The number of ether oxygens (including phenoxy) is 2. The van der Waals surface area contributed by atoms with Crippen LogP contribution in [-0.4, -0.2) is 17.5 Å². The first-order valence-corrected chi connectivity index (χ1v) is 6.68. The zero-order chi connectivity index (χ0) is 15.2. The third kappa shape index (κ3) is 4.03. The molecule has 0 amide bonds. The molecule has 0 bridgehead atoms. The number of rotatable bonds is 5. The Morgan fingerprint density at radius 2 is 1.71 bits per heavy atom. The predicted octanol–water partition coefficient (Wildman–Crippen LogP) is 3.34. The van der Waals surface area contributed by atoms with Crippen LogP contribution < -0.4 is 9.47 Å². The Morgan fingerprint density at radius 3 is 2.38 bits per heavy atom. The number of nitrogens with zero attached hydrogens (tertiary/aromatic N) is 1. The summed E-state index contributed by atoms with van der Waals surface area (Å²) in [6, 6.07) is 12.7. The van der Waals surface area contributed by atoms with Crippen molar-refractivity contribution in [3.8, 4) is 11.5 Å². The van der Waals surface area contributed by atoms with Gasteiger partial charge in [-0.05, 0) is 34.1 Å². The minimum atomic E-state index is -0.653. The first kappa shape index (κ1) is 15.0. The average Bonchev–Trinajstić information content (AvgIpc) is 2.48. The highest BCUT2D eigenvalue weighted by atomic mass is 79.9. The summed E-state index contributed by atoms with van der Waals surface area (Å²) in [7, 11) is 0. The van der Waals surface area contributed by atoms with E-state index >= 15 is 0 Å². The maximum atomic E-state index is 11.7. The maximum absolute atomic E-state index is 11.7. The van der Waals surface area contributed by atoms with Crippen LogP contribution in [0.5, 0.6) is 11.5 Å². The average molecular weight is 352 g/mol. The molecule has 0 saturated carbocycles. The molecular formula is C14H10BrNO5. The number of halogens is 1. The Morgan fingerprint density at radius 1 is 1.10 bits per heavy atom. The van der Waals surface area contributed by atoms with Gasteiger partial charge in [-0.3, -0.25) is 10.1 Å². The molecular weight excluding hydrogens is 342 g/mol. The van der Waals surface area contributed by atoms with Gasteiger partial charge in [-0.1, -0.05) is 24.3 Å². The van der Waals surface area contributed by atoms with E-state index in [-0.39, 0.29) is 11.4 Å². The van der Waals surface area contributed by atoms with E-state index in [0.717, 1.165) is 0 Å². The van der Waals surface area contributed by atoms with Gasteiger partial charge in [0.2, 0.25) is 0 Å². The van der Waals surface area contributed by atoms with Crippen LogP contribution in [0.4, 0.5) is 5.69 Å². The number of carbonyl (C=O) groups excluding carboxylic acids is 1. The topological polar surface area (TPSA) is 78.7 Å². The lowest BCUT2D eigenvalue weighted by Gasteiger charge is -2.08. The highest BCUT2D eigenvalue weighted by Gasteiger charge is 2.16. The van der Waals surface area contributed by atoms with Gasteiger partial charge < -0.3 is 9.47 Å². The largest absolute Gasteiger partial charge is 0.475 e. The molecule has 0 N–H and O–H groups in total. The Labute approximate surface area is 128 Å². The smallest absolute Gasteiger partial charge is 0.349 e. The Kier molecular flexibility index (Phi) is 4.89. The monoisotopic (exact) mass is 351 g/mol. The first-order valence-electron chi connectivity index (χ1n) is 5.89. The number of hydrogen-bond donors (Lipinski definition) is 0. The molecule has 6 nitrogen and oxygen atoms in total. The van der Waals surface area contributed by atoms with E-state index in [0.29, 0.717) is 10.2 Å². The molecule has 2 rings (SSSR count). The fourth-order valence-electron chi connectivity index (χ4n) is 1.55. The summed E-state index contributed by atoms with van der Waals surface area (Å²) in [4.78, 5) is 21.9. The summed E-state index contributed by atoms with van der Waals surface area (Å²) < 4.78 is 10.9. The molecule has 0 aliphatic heterocycles. The normalized spacial score (nSPS) is 9.95. The zero-order valence-electron chi connectivity index (χ0n) is 10.7. The van der Waals surface area contributed by atoms with E-state index in [2.05, 4.69) is 15.9 Å². The maximum Gasteiger partial charge on any atom is 0.349 e. The number of para-hydroxylation sites is 3. The third-order valence-corrected chi connectivity index (χ3v) is 3.12. The molecule has 0 fully saturated rings. The van der Waals surface area contributed by atoms with E-state index in [9.17, 15) is 14.9 Å². The summed E-state index contributed by atoms with van der Waals surface area (Å²) in [6.07, 6.45) is 0. The Bertz CT molecular complexity index is 674. The van der Waals surface area contributed by atoms with E-state index in [1.54, 1.807) is 30.3 Å². The molecule has 0 unspecified atom stereocenters. The molecule has 0 spiro atoms. The Balaban J connectivity index is 1.99. The number of benzene rings is 2. The van der Waals surface area contributed by atoms with Crippen LogP contribution in [0.2, 0.25) is 0 Å². The molecule has 21 heavy (non-hydrogen) atoms. The molecule has 0 heterocycles. The molecule has 0 atom stereocenters. The molecule has 108 valence electrons. The molecule has 0 saturated heterocycles. The second-order valence-electron chi connectivity index (χ2n) is 3.92. The van der Waals surface area contributed by atoms with Crippen LogP contribution in [0.3, 0.4) is 0 Å². The van der Waals surface area contributed by atoms with Crippen molar-refractivity contribution in [3.63, 3.8) is 0 Å². The minimum Gasteiger partial charge on any atom is -0.475 e. The van der Waals surface area contributed by atoms with Crippen LogP contribution in [0.25, 0.3) is 0 Å². The number of carbonyl (C=O) groups is 1. The van der Waals surface area contributed by atoms with E-state index < -0.39 is 17.5 Å². The number of nitro benzene ring substituents is 1. The fourth-order valence-corrected chi connectivity index (χ4v) is 1.91. The van der Waals surface area contributed by atoms with Crippen molar-refractivity contribution in [2.24, 2.45) is 0 Å². The highest BCUT2D eigenvalue weighted by Crippen LogP contribution is 2.26. The lowest BCUT2D eigenvalue weighted by Crippen LogP contribution is -2.18. The number of esters is 1. The summed E-state index contributed by atoms with van der Waals surface area (Å²) in [5.74, 6) is -0.278. The second kappa shape index (κ2) is 6.85. The first-order chi connectivity index (χ1) is 10.1. The van der Waals surface area contributed by atoms with Gasteiger partial charge in [0.05, 0.1) is 9.40 Å². The molecule has 2 aromatic rings. The fraction of sp³-hybridized carbons (Fsp3) is 0.0714. The quantitative estimate of drug-likeness (QED) is 0.357. The summed E-state index contributed by atoms with van der Waals surface area (Å²) in [6.45, 7) is -0.424. The van der Waals surface area contributed by atoms with Gasteiger partial charge in [0.1, 0.15) is 5.75 Å². The van der Waals surface area contributed by atoms with Gasteiger partial charge in [0, 0.05) is 6.07 Å². The summed E-state index contributed by atoms with van der Waals surface area (Å²) in [5, 5.41) is 10.8. The van der Waals surface area contributed by atoms with Gasteiger partial charge in [0.25, 0.3) is 0 Å². The van der Waals surface area contributed by atoms with Crippen LogP contribution in [-0.2, 0) is 4.79 Å². The van der Waals surface area contributed by atoms with E-state index in [1.165, 1.54) is 18.2 Å². The van der Waals surface area contributed by atoms with Gasteiger partial charge in [-0.25, -0.2) is 4.79 Å². The van der Waals surface area contributed by atoms with Crippen LogP contribution in [0.1, 0.15) is 0 Å². The highest BCUT2D eigenvalue weighted by molar-refractivity contribution is 9.10. The minimum absolute atomic E-state index is 0.0200. The van der Waals surface area contributed by atoms with Crippen molar-refractivity contribution < 1.29 is 19.2 Å². The van der Waals surface area contributed by atoms with E-state index in [4.69, 9.17) is 9.47 Å². The molecule has 0 radical (unpaired) electrons. The lowest BCUT2D eigenvalue weighted by atomic mass is 10.3. The lowest BCUT2D eigenvalue weighted by molar-refractivity contribution is -0.385. The van der Waals surface area contributed by atoms with E-state index in [1.807, 2.05) is 0 Å². The molecule has 2 aromatic carbocycles. The van der Waals surface area contributed by atoms with Gasteiger partial charge in [0.15, 0.2) is 12.4 Å². The number of nitro groups is 1. The Hall–Kier alpha value is -2.41. The second-order valence-corrected chi connectivity index (χ2v) is 4.77. The predicted molar refractivity (Wildman–Crippen MR) is 78.4 cm³/mol. The van der Waals surface area contributed by atoms with Crippen molar-refractivity contribution in [3.05, 3.63) is 63.1 Å². The third-order valence-electron chi connectivity index (χ3n) is 2.47. The molecule has 0 aliphatic rings. The number of hydrogen-bond acceptors (Lipinski definition) is 5. The van der Waals surface area contributed by atoms with Crippen LogP contribution >= 0.6 is 15.9 Å². The van der Waals surface area contributed by atoms with Crippen molar-refractivity contribution in [2.75, 3.05) is 6.61 Å². The van der Waals surface area contributed by atoms with Crippen LogP contribution in [0.15, 0.2) is 53.0 Å². The van der Waals surface area contributed by atoms with Crippen molar-refractivity contribution in [2.45, 2.75) is 0 Å². The van der Waals surface area contributed by atoms with Crippen molar-refractivity contribution in [1.82, 2.24) is 0 Å². The molecule has 7 heteroatoms. The molecule has 0 aromatic heterocycles. The van der Waals surface area contributed by atoms with Crippen molar-refractivity contribution in [1.29, 1.82) is 0 Å². The standard InChI is InChI=1S/C14H10BrNO5/c15-10-5-1-3-7-12(10)21-14(17)9-20-13-8-4-2-6-11(13)16(18)19/h1-8H,9H2. The molecule has 0 aliphatic carbocycles. The van der Waals surface area contributed by atoms with Crippen LogP contribution in [0, 0.1) is 10.1 Å². The summed E-state index contributed by atoms with van der Waals surface area (Å²) in [5.41, 5.74) is -0.203. The SMILES string of the molecule is O=C(COc1ccccc1[N+](=O)[O-])Oc1ccccc1Br. The van der Waals surface area contributed by atoms with Gasteiger partial charge >= 0.3 is 11.7 Å². The summed E-state index contributed by atoms with van der Waals surface area (Å²) >= 11 is 3.24. The zero-order valence-corrected chi connectivity index (χ0v) is 12.3. The van der Waals surface area contributed by atoms with Gasteiger partial charge in [-0.2, -0.15) is 0 Å². The van der Waals surface area contributed by atoms with Gasteiger partial charge in [-0.15, -0.1) is 0 Å².